The Morgan fingerprint density at radius 3 is 3.11 bits per heavy atom. The lowest BCUT2D eigenvalue weighted by molar-refractivity contribution is 0.101. The largest absolute Gasteiger partial charge is 0.393 e. The number of aliphatic hydroxyl groups is 1. The summed E-state index contributed by atoms with van der Waals surface area (Å²) in [6, 6.07) is 8.64. The summed E-state index contributed by atoms with van der Waals surface area (Å²) in [7, 11) is 0. The van der Waals surface area contributed by atoms with Gasteiger partial charge in [-0.05, 0) is 54.8 Å². The maximum Gasteiger partial charge on any atom is 0.0543 e. The van der Waals surface area contributed by atoms with Gasteiger partial charge in [0, 0.05) is 18.3 Å². The van der Waals surface area contributed by atoms with Gasteiger partial charge in [-0.25, -0.2) is 0 Å². The number of nitrogens with one attached hydrogen (secondary N) is 2. The molecule has 2 atom stereocenters. The highest BCUT2D eigenvalue weighted by Crippen LogP contribution is 2.23. The first-order valence-corrected chi connectivity index (χ1v) is 7.26. The number of aromatic nitrogens is 1. The number of aromatic amines is 1. The third-order valence-corrected chi connectivity index (χ3v) is 4.14. The molecule has 0 amide bonds. The third kappa shape index (κ3) is 3.17. The van der Waals surface area contributed by atoms with Crippen molar-refractivity contribution < 1.29 is 5.11 Å². The molecule has 2 aromatic rings. The molecule has 19 heavy (non-hydrogen) atoms. The monoisotopic (exact) mass is 258 g/mol. The Labute approximate surface area is 114 Å². The number of hydrogen-bond acceptors (Lipinski definition) is 2. The Hall–Kier alpha value is -1.32. The Morgan fingerprint density at radius 1 is 1.26 bits per heavy atom. The highest BCUT2D eigenvalue weighted by Gasteiger charge is 2.19. The van der Waals surface area contributed by atoms with E-state index in [0.717, 1.165) is 25.9 Å². The van der Waals surface area contributed by atoms with Crippen molar-refractivity contribution in [1.29, 1.82) is 0 Å². The second kappa shape index (κ2) is 5.76. The van der Waals surface area contributed by atoms with Crippen LogP contribution in [0.1, 0.15) is 31.2 Å². The first-order chi connectivity index (χ1) is 9.31. The van der Waals surface area contributed by atoms with Gasteiger partial charge in [-0.3, -0.25) is 0 Å². The van der Waals surface area contributed by atoms with Crippen LogP contribution in [-0.2, 0) is 6.54 Å². The van der Waals surface area contributed by atoms with Gasteiger partial charge in [0.2, 0.25) is 0 Å². The summed E-state index contributed by atoms with van der Waals surface area (Å²) in [6.45, 7) is 1.92. The molecule has 2 unspecified atom stereocenters. The fourth-order valence-electron chi connectivity index (χ4n) is 3.07. The van der Waals surface area contributed by atoms with Crippen LogP contribution in [0.4, 0.5) is 0 Å². The van der Waals surface area contributed by atoms with Crippen LogP contribution in [0, 0.1) is 5.92 Å². The van der Waals surface area contributed by atoms with E-state index in [4.69, 9.17) is 0 Å². The summed E-state index contributed by atoms with van der Waals surface area (Å²) in [6.07, 6.45) is 6.27. The summed E-state index contributed by atoms with van der Waals surface area (Å²) in [5, 5.41) is 14.4. The Bertz CT molecular complexity index is 534. The van der Waals surface area contributed by atoms with E-state index < -0.39 is 0 Å². The minimum absolute atomic E-state index is 0.0733. The molecule has 1 aromatic carbocycles. The maximum atomic E-state index is 9.66. The predicted molar refractivity (Wildman–Crippen MR) is 78.0 cm³/mol. The molecule has 3 N–H and O–H groups in total. The molecule has 1 saturated carbocycles. The molecule has 1 heterocycles. The van der Waals surface area contributed by atoms with Crippen LogP contribution in [0.15, 0.2) is 30.5 Å². The van der Waals surface area contributed by atoms with Crippen molar-refractivity contribution in [3.8, 4) is 0 Å². The minimum Gasteiger partial charge on any atom is -0.393 e. The summed E-state index contributed by atoms with van der Waals surface area (Å²) >= 11 is 0. The molecule has 0 saturated heterocycles. The van der Waals surface area contributed by atoms with E-state index in [2.05, 4.69) is 34.6 Å². The fraction of sp³-hybridized carbons (Fsp3) is 0.500. The number of hydrogen-bond donors (Lipinski definition) is 3. The van der Waals surface area contributed by atoms with Crippen molar-refractivity contribution in [2.24, 2.45) is 5.92 Å². The van der Waals surface area contributed by atoms with Crippen LogP contribution in [0.25, 0.3) is 10.9 Å². The van der Waals surface area contributed by atoms with E-state index in [1.807, 2.05) is 6.20 Å². The third-order valence-electron chi connectivity index (χ3n) is 4.14. The Morgan fingerprint density at radius 2 is 2.21 bits per heavy atom. The van der Waals surface area contributed by atoms with Crippen molar-refractivity contribution in [2.45, 2.75) is 38.3 Å². The standard InChI is InChI=1S/C16H22N2O/c19-15-3-1-2-12(8-15)10-17-11-13-4-5-14-6-7-18-16(14)9-13/h4-7,9,12,15,17-19H,1-3,8,10-11H2. The van der Waals surface area contributed by atoms with Crippen LogP contribution >= 0.6 is 0 Å². The van der Waals surface area contributed by atoms with Crippen LogP contribution in [0.3, 0.4) is 0 Å². The van der Waals surface area contributed by atoms with Crippen LogP contribution in [-0.4, -0.2) is 22.7 Å². The minimum atomic E-state index is -0.0733. The average Bonchev–Trinajstić information content (AvgIpc) is 2.86. The molecule has 0 aliphatic heterocycles. The zero-order valence-electron chi connectivity index (χ0n) is 11.2. The molecule has 3 rings (SSSR count). The lowest BCUT2D eigenvalue weighted by atomic mass is 9.87. The van der Waals surface area contributed by atoms with Crippen LogP contribution < -0.4 is 5.32 Å². The molecule has 102 valence electrons. The van der Waals surface area contributed by atoms with Gasteiger partial charge in [0.05, 0.1) is 6.10 Å². The molecule has 3 heteroatoms. The smallest absolute Gasteiger partial charge is 0.0543 e. The van der Waals surface area contributed by atoms with Gasteiger partial charge < -0.3 is 15.4 Å². The highest BCUT2D eigenvalue weighted by molar-refractivity contribution is 5.79. The number of benzene rings is 1. The van der Waals surface area contributed by atoms with E-state index in [0.29, 0.717) is 5.92 Å². The van der Waals surface area contributed by atoms with E-state index >= 15 is 0 Å². The zero-order chi connectivity index (χ0) is 13.1. The second-order valence-electron chi connectivity index (χ2n) is 5.72. The number of aliphatic hydroxyl groups excluding tert-OH is 1. The normalized spacial score (nSPS) is 23.8. The summed E-state index contributed by atoms with van der Waals surface area (Å²) < 4.78 is 0. The average molecular weight is 258 g/mol. The van der Waals surface area contributed by atoms with Gasteiger partial charge in [0.1, 0.15) is 0 Å². The van der Waals surface area contributed by atoms with E-state index in [-0.39, 0.29) is 6.10 Å². The summed E-state index contributed by atoms with van der Waals surface area (Å²) in [5.74, 6) is 0.637. The van der Waals surface area contributed by atoms with Gasteiger partial charge in [0.25, 0.3) is 0 Å². The Kier molecular flexibility index (Phi) is 3.85. The van der Waals surface area contributed by atoms with E-state index in [1.54, 1.807) is 0 Å². The van der Waals surface area contributed by atoms with Crippen LogP contribution in [0.5, 0.6) is 0 Å². The summed E-state index contributed by atoms with van der Waals surface area (Å²) in [4.78, 5) is 3.24. The van der Waals surface area contributed by atoms with Crippen molar-refractivity contribution in [3.63, 3.8) is 0 Å². The molecule has 1 fully saturated rings. The topological polar surface area (TPSA) is 48.0 Å². The van der Waals surface area contributed by atoms with Gasteiger partial charge in [-0.15, -0.1) is 0 Å². The van der Waals surface area contributed by atoms with E-state index in [1.165, 1.54) is 29.3 Å². The molecule has 0 spiro atoms. The molecule has 3 nitrogen and oxygen atoms in total. The first-order valence-electron chi connectivity index (χ1n) is 7.26. The molecular formula is C16H22N2O. The molecule has 1 aromatic heterocycles. The molecule has 1 aliphatic carbocycles. The molecule has 0 bridgehead atoms. The molecule has 1 aliphatic rings. The molecular weight excluding hydrogens is 236 g/mol. The SMILES string of the molecule is OC1CCCC(CNCc2ccc3cc[nH]c3c2)C1. The predicted octanol–water partition coefficient (Wildman–Crippen LogP) is 2.81. The maximum absolute atomic E-state index is 9.66. The Balaban J connectivity index is 1.51. The number of fused-ring (bicyclic) bond motifs is 1. The lowest BCUT2D eigenvalue weighted by Crippen LogP contribution is -2.28. The van der Waals surface area contributed by atoms with Crippen molar-refractivity contribution in [1.82, 2.24) is 10.3 Å². The number of rotatable bonds is 4. The van der Waals surface area contributed by atoms with Gasteiger partial charge in [-0.2, -0.15) is 0 Å². The first kappa shape index (κ1) is 12.7. The second-order valence-corrected chi connectivity index (χ2v) is 5.72. The van der Waals surface area contributed by atoms with Gasteiger partial charge >= 0.3 is 0 Å². The van der Waals surface area contributed by atoms with E-state index in [9.17, 15) is 5.11 Å². The highest BCUT2D eigenvalue weighted by atomic mass is 16.3. The zero-order valence-corrected chi connectivity index (χ0v) is 11.2. The van der Waals surface area contributed by atoms with Gasteiger partial charge in [0.15, 0.2) is 0 Å². The quantitative estimate of drug-likeness (QED) is 0.789. The van der Waals surface area contributed by atoms with Crippen molar-refractivity contribution in [3.05, 3.63) is 36.0 Å². The van der Waals surface area contributed by atoms with Crippen molar-refractivity contribution in [2.75, 3.05) is 6.54 Å². The van der Waals surface area contributed by atoms with Gasteiger partial charge in [-0.1, -0.05) is 18.6 Å². The summed E-state index contributed by atoms with van der Waals surface area (Å²) in [5.41, 5.74) is 2.51. The van der Waals surface area contributed by atoms with Crippen molar-refractivity contribution >= 4 is 10.9 Å². The number of H-pyrrole nitrogens is 1. The lowest BCUT2D eigenvalue weighted by Gasteiger charge is -2.26. The fourth-order valence-corrected chi connectivity index (χ4v) is 3.07. The molecule has 0 radical (unpaired) electrons. The van der Waals surface area contributed by atoms with Crippen LogP contribution in [0.2, 0.25) is 0 Å².